The maximum Gasteiger partial charge on any atom is 0.174 e. The summed E-state index contributed by atoms with van der Waals surface area (Å²) in [6.45, 7) is 2.22. The Balaban J connectivity index is 1.90. The Morgan fingerprint density at radius 2 is 2.55 bits per heavy atom. The summed E-state index contributed by atoms with van der Waals surface area (Å²) in [7, 11) is 0. The number of rotatable bonds is 2. The number of hydrogen-bond donors (Lipinski definition) is 2. The number of nitrogens with one attached hydrogen (secondary N) is 2. The Bertz CT molecular complexity index is 201. The molecule has 1 atom stereocenters. The molecule has 1 aliphatic heterocycles. The lowest BCUT2D eigenvalue weighted by molar-refractivity contribution is 0.562. The molecule has 0 aromatic carbocycles. The van der Waals surface area contributed by atoms with Gasteiger partial charge < -0.3 is 5.32 Å². The number of nitrogens with zero attached hydrogens (tertiary/aromatic N) is 3. The van der Waals surface area contributed by atoms with Crippen molar-refractivity contribution in [3.63, 3.8) is 0 Å². The standard InChI is InChI=1S/C6H11N5/c1-2-7-4-5(1)3-6-8-10-11-9-6/h5,7H,1-4H2,(H,8,9,10,11). The van der Waals surface area contributed by atoms with Gasteiger partial charge in [0.25, 0.3) is 0 Å². The van der Waals surface area contributed by atoms with Crippen molar-refractivity contribution in [3.8, 4) is 0 Å². The fraction of sp³-hybridized carbons (Fsp3) is 0.833. The first kappa shape index (κ1) is 6.72. The van der Waals surface area contributed by atoms with Gasteiger partial charge in [-0.25, -0.2) is 0 Å². The largest absolute Gasteiger partial charge is 0.316 e. The second kappa shape index (κ2) is 2.96. The van der Waals surface area contributed by atoms with Gasteiger partial charge in [-0.05, 0) is 25.4 Å². The second-order valence-electron chi connectivity index (χ2n) is 2.89. The van der Waals surface area contributed by atoms with Crippen molar-refractivity contribution in [1.29, 1.82) is 0 Å². The molecule has 2 rings (SSSR count). The van der Waals surface area contributed by atoms with Gasteiger partial charge in [0, 0.05) is 6.42 Å². The topological polar surface area (TPSA) is 66.5 Å². The maximum absolute atomic E-state index is 3.90. The molecule has 0 saturated carbocycles. The molecular formula is C6H11N5. The van der Waals surface area contributed by atoms with Gasteiger partial charge in [0.15, 0.2) is 5.82 Å². The Morgan fingerprint density at radius 1 is 1.55 bits per heavy atom. The summed E-state index contributed by atoms with van der Waals surface area (Å²) in [4.78, 5) is 0. The normalized spacial score (nSPS) is 24.2. The zero-order valence-electron chi connectivity index (χ0n) is 6.25. The number of tetrazole rings is 1. The number of aromatic amines is 1. The minimum atomic E-state index is 0.701. The molecule has 2 heterocycles. The van der Waals surface area contributed by atoms with E-state index in [0.717, 1.165) is 25.3 Å². The zero-order valence-corrected chi connectivity index (χ0v) is 6.25. The Kier molecular flexibility index (Phi) is 1.81. The van der Waals surface area contributed by atoms with Crippen LogP contribution in [0.5, 0.6) is 0 Å². The lowest BCUT2D eigenvalue weighted by Gasteiger charge is -2.01. The van der Waals surface area contributed by atoms with Crippen LogP contribution >= 0.6 is 0 Å². The van der Waals surface area contributed by atoms with Gasteiger partial charge in [-0.15, -0.1) is 10.2 Å². The van der Waals surface area contributed by atoms with Gasteiger partial charge in [0.2, 0.25) is 0 Å². The highest BCUT2D eigenvalue weighted by Gasteiger charge is 2.16. The van der Waals surface area contributed by atoms with Crippen LogP contribution in [0.15, 0.2) is 0 Å². The summed E-state index contributed by atoms with van der Waals surface area (Å²) in [5.41, 5.74) is 0. The fourth-order valence-corrected chi connectivity index (χ4v) is 1.42. The molecule has 11 heavy (non-hydrogen) atoms. The monoisotopic (exact) mass is 153 g/mol. The third kappa shape index (κ3) is 1.54. The number of hydrogen-bond acceptors (Lipinski definition) is 4. The summed E-state index contributed by atoms with van der Waals surface area (Å²) in [5, 5.41) is 17.1. The van der Waals surface area contributed by atoms with E-state index in [9.17, 15) is 0 Å². The van der Waals surface area contributed by atoms with E-state index in [4.69, 9.17) is 0 Å². The highest BCUT2D eigenvalue weighted by atomic mass is 15.5. The molecule has 0 amide bonds. The molecule has 0 aliphatic carbocycles. The van der Waals surface area contributed by atoms with Crippen LogP contribution in [0.4, 0.5) is 0 Å². The number of aromatic nitrogens is 4. The Hall–Kier alpha value is -0.970. The van der Waals surface area contributed by atoms with Crippen molar-refractivity contribution in [3.05, 3.63) is 5.82 Å². The molecule has 5 heteroatoms. The maximum atomic E-state index is 3.90. The molecule has 1 fully saturated rings. The summed E-state index contributed by atoms with van der Waals surface area (Å²) in [5.74, 6) is 1.53. The third-order valence-electron chi connectivity index (χ3n) is 2.02. The quantitative estimate of drug-likeness (QED) is 0.592. The van der Waals surface area contributed by atoms with Gasteiger partial charge in [0.1, 0.15) is 0 Å². The average Bonchev–Trinajstić information content (AvgIpc) is 2.60. The van der Waals surface area contributed by atoms with Gasteiger partial charge in [-0.1, -0.05) is 5.21 Å². The van der Waals surface area contributed by atoms with E-state index in [1.807, 2.05) is 0 Å². The lowest BCUT2D eigenvalue weighted by Crippen LogP contribution is -2.11. The first-order chi connectivity index (χ1) is 5.45. The SMILES string of the molecule is C1CC(Cc2nn[nH]n2)CN1. The molecule has 60 valence electrons. The highest BCUT2D eigenvalue weighted by molar-refractivity contribution is 4.84. The highest BCUT2D eigenvalue weighted by Crippen LogP contribution is 2.10. The van der Waals surface area contributed by atoms with Crippen LogP contribution in [0.25, 0.3) is 0 Å². The number of H-pyrrole nitrogens is 1. The Morgan fingerprint density at radius 3 is 3.18 bits per heavy atom. The minimum absolute atomic E-state index is 0.701. The van der Waals surface area contributed by atoms with Gasteiger partial charge in [0.05, 0.1) is 0 Å². The molecule has 0 radical (unpaired) electrons. The van der Waals surface area contributed by atoms with Crippen molar-refractivity contribution in [2.75, 3.05) is 13.1 Å². The van der Waals surface area contributed by atoms with Gasteiger partial charge in [-0.3, -0.25) is 0 Å². The summed E-state index contributed by atoms with van der Waals surface area (Å²) in [6, 6.07) is 0. The predicted molar refractivity (Wildman–Crippen MR) is 38.9 cm³/mol. The average molecular weight is 153 g/mol. The molecule has 1 aliphatic rings. The van der Waals surface area contributed by atoms with Crippen molar-refractivity contribution >= 4 is 0 Å². The molecule has 5 nitrogen and oxygen atoms in total. The van der Waals surface area contributed by atoms with Crippen molar-refractivity contribution in [1.82, 2.24) is 25.9 Å². The van der Waals surface area contributed by atoms with E-state index in [-0.39, 0.29) is 0 Å². The van der Waals surface area contributed by atoms with Crippen LogP contribution in [0.1, 0.15) is 12.2 Å². The van der Waals surface area contributed by atoms with E-state index in [1.165, 1.54) is 6.42 Å². The van der Waals surface area contributed by atoms with Gasteiger partial charge >= 0.3 is 0 Å². The smallest absolute Gasteiger partial charge is 0.174 e. The molecule has 2 N–H and O–H groups in total. The molecule has 1 aromatic heterocycles. The molecule has 1 unspecified atom stereocenters. The van der Waals surface area contributed by atoms with E-state index in [1.54, 1.807) is 0 Å². The zero-order chi connectivity index (χ0) is 7.52. The van der Waals surface area contributed by atoms with Crippen LogP contribution in [-0.4, -0.2) is 33.7 Å². The van der Waals surface area contributed by atoms with E-state index >= 15 is 0 Å². The van der Waals surface area contributed by atoms with Crippen molar-refractivity contribution in [2.45, 2.75) is 12.8 Å². The second-order valence-corrected chi connectivity index (χ2v) is 2.89. The first-order valence-corrected chi connectivity index (χ1v) is 3.88. The van der Waals surface area contributed by atoms with Crippen LogP contribution < -0.4 is 5.32 Å². The molecule has 1 aromatic rings. The van der Waals surface area contributed by atoms with Gasteiger partial charge in [-0.2, -0.15) is 5.21 Å². The van der Waals surface area contributed by atoms with Crippen LogP contribution in [0.2, 0.25) is 0 Å². The first-order valence-electron chi connectivity index (χ1n) is 3.88. The van der Waals surface area contributed by atoms with Crippen LogP contribution in [0.3, 0.4) is 0 Å². The van der Waals surface area contributed by atoms with E-state index in [0.29, 0.717) is 5.92 Å². The summed E-state index contributed by atoms with van der Waals surface area (Å²) >= 11 is 0. The fourth-order valence-electron chi connectivity index (χ4n) is 1.42. The third-order valence-corrected chi connectivity index (χ3v) is 2.02. The summed E-state index contributed by atoms with van der Waals surface area (Å²) in [6.07, 6.45) is 2.18. The lowest BCUT2D eigenvalue weighted by atomic mass is 10.1. The van der Waals surface area contributed by atoms with E-state index < -0.39 is 0 Å². The van der Waals surface area contributed by atoms with Crippen molar-refractivity contribution < 1.29 is 0 Å². The van der Waals surface area contributed by atoms with E-state index in [2.05, 4.69) is 25.9 Å². The molecule has 1 saturated heterocycles. The Labute approximate surface area is 64.6 Å². The molecular weight excluding hydrogens is 142 g/mol. The molecule has 0 bridgehead atoms. The van der Waals surface area contributed by atoms with Crippen LogP contribution in [-0.2, 0) is 6.42 Å². The van der Waals surface area contributed by atoms with Crippen molar-refractivity contribution in [2.24, 2.45) is 5.92 Å². The minimum Gasteiger partial charge on any atom is -0.316 e. The summed E-state index contributed by atoms with van der Waals surface area (Å²) < 4.78 is 0. The van der Waals surface area contributed by atoms with Crippen LogP contribution in [0, 0.1) is 5.92 Å². The predicted octanol–water partition coefficient (Wildman–Crippen LogP) is -0.648. The molecule has 0 spiro atoms.